The van der Waals surface area contributed by atoms with Crippen LogP contribution in [0.15, 0.2) is 30.5 Å². The van der Waals surface area contributed by atoms with E-state index in [1.54, 1.807) is 7.11 Å². The van der Waals surface area contributed by atoms with E-state index in [1.165, 1.54) is 30.3 Å². The zero-order valence-corrected chi connectivity index (χ0v) is 15.9. The zero-order chi connectivity index (χ0) is 17.5. The fourth-order valence-electron chi connectivity index (χ4n) is 3.24. The Labute approximate surface area is 147 Å². The van der Waals surface area contributed by atoms with Gasteiger partial charge in [0.25, 0.3) is 0 Å². The summed E-state index contributed by atoms with van der Waals surface area (Å²) in [6.07, 6.45) is 5.41. The van der Waals surface area contributed by atoms with Crippen LogP contribution in [-0.2, 0) is 6.42 Å². The van der Waals surface area contributed by atoms with Gasteiger partial charge >= 0.3 is 0 Å². The third kappa shape index (κ3) is 4.70. The van der Waals surface area contributed by atoms with Crippen LogP contribution < -0.4 is 4.74 Å². The summed E-state index contributed by atoms with van der Waals surface area (Å²) in [6.45, 7) is 11.6. The van der Waals surface area contributed by atoms with Gasteiger partial charge in [-0.3, -0.25) is 4.98 Å². The van der Waals surface area contributed by atoms with Crippen molar-refractivity contribution in [3.8, 4) is 5.75 Å². The molecule has 0 spiro atoms. The maximum absolute atomic E-state index is 5.40. The number of rotatable bonds is 9. The molecule has 1 aromatic carbocycles. The third-order valence-electron chi connectivity index (χ3n) is 4.93. The summed E-state index contributed by atoms with van der Waals surface area (Å²) >= 11 is 0. The Morgan fingerprint density at radius 2 is 1.96 bits per heavy atom. The molecule has 132 valence electrons. The molecular weight excluding hydrogens is 296 g/mol. The minimum Gasteiger partial charge on any atom is -0.497 e. The minimum atomic E-state index is 0.524. The highest BCUT2D eigenvalue weighted by molar-refractivity contribution is 5.83. The lowest BCUT2D eigenvalue weighted by atomic mass is 10.00. The number of aromatic nitrogens is 1. The molecule has 2 atom stereocenters. The number of nitrogens with zero attached hydrogens (tertiary/aromatic N) is 2. The van der Waals surface area contributed by atoms with Crippen molar-refractivity contribution in [2.24, 2.45) is 5.92 Å². The van der Waals surface area contributed by atoms with Crippen molar-refractivity contribution in [3.63, 3.8) is 0 Å². The smallest absolute Gasteiger partial charge is 0.119 e. The van der Waals surface area contributed by atoms with Crippen molar-refractivity contribution >= 4 is 10.9 Å². The second-order valence-corrected chi connectivity index (χ2v) is 6.91. The van der Waals surface area contributed by atoms with Crippen molar-refractivity contribution in [3.05, 3.63) is 36.0 Å². The molecule has 0 aliphatic rings. The second-order valence-electron chi connectivity index (χ2n) is 6.91. The highest BCUT2D eigenvalue weighted by Gasteiger charge is 2.17. The summed E-state index contributed by atoms with van der Waals surface area (Å²) in [7, 11) is 1.72. The average Bonchev–Trinajstić information content (AvgIpc) is 2.61. The van der Waals surface area contributed by atoms with Crippen LogP contribution in [0.3, 0.4) is 0 Å². The molecule has 2 rings (SSSR count). The van der Waals surface area contributed by atoms with Gasteiger partial charge in [-0.05, 0) is 62.1 Å². The molecule has 0 fully saturated rings. The van der Waals surface area contributed by atoms with E-state index in [2.05, 4.69) is 49.7 Å². The fraction of sp³-hybridized carbons (Fsp3) is 0.571. The lowest BCUT2D eigenvalue weighted by Gasteiger charge is -2.31. The highest BCUT2D eigenvalue weighted by Crippen LogP contribution is 2.24. The molecule has 1 heterocycles. The Bertz CT molecular complexity index is 641. The molecule has 2 unspecified atom stereocenters. The zero-order valence-electron chi connectivity index (χ0n) is 15.9. The topological polar surface area (TPSA) is 25.4 Å². The molecule has 0 bridgehead atoms. The van der Waals surface area contributed by atoms with Crippen LogP contribution in [0, 0.1) is 5.92 Å². The molecule has 2 aromatic rings. The van der Waals surface area contributed by atoms with Gasteiger partial charge in [-0.2, -0.15) is 0 Å². The maximum atomic E-state index is 5.40. The highest BCUT2D eigenvalue weighted by atomic mass is 16.5. The molecule has 0 saturated carbocycles. The summed E-state index contributed by atoms with van der Waals surface area (Å²) in [5.41, 5.74) is 2.40. The van der Waals surface area contributed by atoms with E-state index in [1.807, 2.05) is 18.3 Å². The van der Waals surface area contributed by atoms with E-state index >= 15 is 0 Å². The largest absolute Gasteiger partial charge is 0.497 e. The van der Waals surface area contributed by atoms with E-state index in [4.69, 9.17) is 4.74 Å². The van der Waals surface area contributed by atoms with Gasteiger partial charge in [0.2, 0.25) is 0 Å². The van der Waals surface area contributed by atoms with Crippen LogP contribution in [0.1, 0.15) is 46.1 Å². The average molecular weight is 329 g/mol. The van der Waals surface area contributed by atoms with Crippen molar-refractivity contribution in [2.75, 3.05) is 20.2 Å². The molecule has 3 nitrogen and oxygen atoms in total. The normalized spacial score (nSPS) is 14.1. The summed E-state index contributed by atoms with van der Waals surface area (Å²) in [6, 6.07) is 8.82. The molecule has 1 aromatic heterocycles. The Morgan fingerprint density at radius 1 is 1.17 bits per heavy atom. The molecule has 24 heavy (non-hydrogen) atoms. The van der Waals surface area contributed by atoms with Crippen LogP contribution in [0.25, 0.3) is 10.9 Å². The summed E-state index contributed by atoms with van der Waals surface area (Å²) in [4.78, 5) is 7.14. The molecule has 3 heteroatoms. The minimum absolute atomic E-state index is 0.524. The Hall–Kier alpha value is -1.61. The van der Waals surface area contributed by atoms with Gasteiger partial charge in [0, 0.05) is 24.2 Å². The van der Waals surface area contributed by atoms with Crippen LogP contribution in [0.5, 0.6) is 5.75 Å². The number of fused-ring (bicyclic) bond motifs is 1. The predicted octanol–water partition coefficient (Wildman–Crippen LogP) is 4.93. The summed E-state index contributed by atoms with van der Waals surface area (Å²) in [5, 5.41) is 1.21. The number of methoxy groups -OCH3 is 1. The van der Waals surface area contributed by atoms with E-state index in [-0.39, 0.29) is 0 Å². The van der Waals surface area contributed by atoms with Gasteiger partial charge in [0.05, 0.1) is 12.6 Å². The number of benzene rings is 1. The molecule has 0 saturated heterocycles. The lowest BCUT2D eigenvalue weighted by Crippen LogP contribution is -2.38. The number of hydrogen-bond acceptors (Lipinski definition) is 3. The van der Waals surface area contributed by atoms with Crippen LogP contribution in [0.2, 0.25) is 0 Å². The molecule has 0 N–H and O–H groups in total. The van der Waals surface area contributed by atoms with E-state index in [0.29, 0.717) is 6.04 Å². The molecule has 0 radical (unpaired) electrons. The van der Waals surface area contributed by atoms with E-state index < -0.39 is 0 Å². The fourth-order valence-corrected chi connectivity index (χ4v) is 3.24. The Morgan fingerprint density at radius 3 is 2.62 bits per heavy atom. The van der Waals surface area contributed by atoms with Gasteiger partial charge in [-0.15, -0.1) is 0 Å². The first-order valence-electron chi connectivity index (χ1n) is 9.24. The monoisotopic (exact) mass is 328 g/mol. The van der Waals surface area contributed by atoms with Crippen molar-refractivity contribution in [1.29, 1.82) is 0 Å². The first kappa shape index (κ1) is 18.7. The Kier molecular flexibility index (Phi) is 7.04. The van der Waals surface area contributed by atoms with Gasteiger partial charge in [0.15, 0.2) is 0 Å². The quantitative estimate of drug-likeness (QED) is 0.652. The predicted molar refractivity (Wildman–Crippen MR) is 103 cm³/mol. The van der Waals surface area contributed by atoms with E-state index in [0.717, 1.165) is 30.1 Å². The van der Waals surface area contributed by atoms with Crippen molar-refractivity contribution in [1.82, 2.24) is 9.88 Å². The van der Waals surface area contributed by atoms with Gasteiger partial charge < -0.3 is 9.64 Å². The van der Waals surface area contributed by atoms with Gasteiger partial charge in [-0.1, -0.05) is 27.2 Å². The summed E-state index contributed by atoms with van der Waals surface area (Å²) < 4.78 is 5.40. The van der Waals surface area contributed by atoms with Gasteiger partial charge in [-0.25, -0.2) is 0 Å². The molecule has 0 amide bonds. The van der Waals surface area contributed by atoms with Crippen LogP contribution in [0.4, 0.5) is 0 Å². The van der Waals surface area contributed by atoms with Crippen molar-refractivity contribution in [2.45, 2.75) is 53.0 Å². The number of ether oxygens (including phenoxy) is 1. The van der Waals surface area contributed by atoms with Gasteiger partial charge in [0.1, 0.15) is 5.75 Å². The van der Waals surface area contributed by atoms with E-state index in [9.17, 15) is 0 Å². The SMILES string of the molecule is CCCN(CC(C)CC)C(C)Cc1ccnc2ccc(OC)cc12. The molecule has 0 aliphatic heterocycles. The Balaban J connectivity index is 2.22. The first-order chi connectivity index (χ1) is 11.6. The molecule has 0 aliphatic carbocycles. The van der Waals surface area contributed by atoms with Crippen LogP contribution >= 0.6 is 0 Å². The number of hydrogen-bond donors (Lipinski definition) is 0. The lowest BCUT2D eigenvalue weighted by molar-refractivity contribution is 0.179. The maximum Gasteiger partial charge on any atom is 0.119 e. The summed E-state index contributed by atoms with van der Waals surface area (Å²) in [5.74, 6) is 1.64. The standard InChI is InChI=1S/C21H32N2O/c1-6-12-23(15-16(3)7-2)17(4)13-18-10-11-22-21-9-8-19(24-5)14-20(18)21/h8-11,14,16-17H,6-7,12-13,15H2,1-5H3. The first-order valence-corrected chi connectivity index (χ1v) is 9.24. The third-order valence-corrected chi connectivity index (χ3v) is 4.93. The second kappa shape index (κ2) is 9.03. The number of pyridine rings is 1. The van der Waals surface area contributed by atoms with Crippen molar-refractivity contribution < 1.29 is 4.74 Å². The molecular formula is C21H32N2O. The van der Waals surface area contributed by atoms with Crippen LogP contribution in [-0.4, -0.2) is 36.1 Å².